The van der Waals surface area contributed by atoms with Crippen LogP contribution in [0.2, 0.25) is 0 Å². The number of Topliss-reactive ketones (excluding diaryl/α,β-unsaturated/α-hetero) is 1. The van der Waals surface area contributed by atoms with E-state index in [4.69, 9.17) is 11.5 Å². The molecule has 1 amide bonds. The number of amides is 1. The minimum absolute atomic E-state index is 0.00000495. The van der Waals surface area contributed by atoms with E-state index in [1.165, 1.54) is 6.20 Å². The third-order valence-electron chi connectivity index (χ3n) is 6.94. The van der Waals surface area contributed by atoms with Crippen LogP contribution in [-0.4, -0.2) is 52.8 Å². The van der Waals surface area contributed by atoms with Crippen molar-refractivity contribution in [1.29, 1.82) is 0 Å². The molecule has 0 aliphatic rings. The normalized spacial score (nSPS) is 11.8. The highest BCUT2D eigenvalue weighted by molar-refractivity contribution is 7.91. The smallest absolute Gasteiger partial charge is 0.331 e. The lowest BCUT2D eigenvalue weighted by atomic mass is 10.0. The van der Waals surface area contributed by atoms with E-state index < -0.39 is 57.0 Å². The first-order valence-corrected chi connectivity index (χ1v) is 17.3. The summed E-state index contributed by atoms with van der Waals surface area (Å²) in [7, 11) is -4.09. The molecule has 14 nitrogen and oxygen atoms in total. The molecule has 0 aliphatic carbocycles. The zero-order valence-corrected chi connectivity index (χ0v) is 27.1. The van der Waals surface area contributed by atoms with Crippen molar-refractivity contribution >= 4 is 44.7 Å². The predicted octanol–water partition coefficient (Wildman–Crippen LogP) is 1.66. The Morgan fingerprint density at radius 2 is 1.64 bits per heavy atom. The number of ketones is 1. The highest BCUT2D eigenvalue weighted by Crippen LogP contribution is 2.14. The van der Waals surface area contributed by atoms with Gasteiger partial charge in [-0.3, -0.25) is 28.7 Å². The number of nitrogens with one attached hydrogen (secondary N) is 2. The van der Waals surface area contributed by atoms with Crippen LogP contribution in [0, 0.1) is 0 Å². The van der Waals surface area contributed by atoms with E-state index in [1.54, 1.807) is 66.0 Å². The van der Waals surface area contributed by atoms with Gasteiger partial charge in [-0.05, 0) is 24.0 Å². The molecular formula is C31H36N8O6S2. The first-order valence-electron chi connectivity index (χ1n) is 14.7. The Labute approximate surface area is 275 Å². The van der Waals surface area contributed by atoms with Crippen LogP contribution in [0.1, 0.15) is 46.6 Å². The monoisotopic (exact) mass is 680 g/mol. The second-order valence-corrected chi connectivity index (χ2v) is 13.3. The predicted molar refractivity (Wildman–Crippen MR) is 181 cm³/mol. The van der Waals surface area contributed by atoms with Crippen LogP contribution in [-0.2, 0) is 33.7 Å². The molecule has 0 unspecified atom stereocenters. The van der Waals surface area contributed by atoms with Gasteiger partial charge in [0.05, 0.1) is 18.3 Å². The summed E-state index contributed by atoms with van der Waals surface area (Å²) in [5.74, 6) is -1.62. The number of aromatic nitrogens is 3. The number of guanidine groups is 1. The second kappa shape index (κ2) is 16.5. The van der Waals surface area contributed by atoms with E-state index in [0.29, 0.717) is 41.5 Å². The Kier molecular flexibility index (Phi) is 12.2. The number of aliphatic imine (C=N–C) groups is 1. The molecule has 0 radical (unpaired) electrons. The van der Waals surface area contributed by atoms with E-state index in [-0.39, 0.29) is 23.9 Å². The van der Waals surface area contributed by atoms with Gasteiger partial charge in [0.1, 0.15) is 12.2 Å². The minimum Gasteiger partial charge on any atom is -0.370 e. The minimum atomic E-state index is -4.09. The number of nitrogens with two attached hydrogens (primary N) is 2. The molecule has 0 bridgehead atoms. The Morgan fingerprint density at radius 3 is 2.28 bits per heavy atom. The number of hydrogen-bond donors (Lipinski definition) is 4. The highest BCUT2D eigenvalue weighted by atomic mass is 32.2. The van der Waals surface area contributed by atoms with Crippen LogP contribution in [0.25, 0.3) is 0 Å². The van der Waals surface area contributed by atoms with Gasteiger partial charge in [0, 0.05) is 24.3 Å². The fourth-order valence-corrected chi connectivity index (χ4v) is 6.55. The number of unbranched alkanes of at least 4 members (excludes halogenated alkanes) is 2. The maximum Gasteiger partial charge on any atom is 0.331 e. The summed E-state index contributed by atoms with van der Waals surface area (Å²) in [5, 5.41) is 4.49. The molecule has 0 fully saturated rings. The van der Waals surface area contributed by atoms with Gasteiger partial charge in [0.2, 0.25) is 21.7 Å². The molecule has 2 aromatic carbocycles. The largest absolute Gasteiger partial charge is 0.370 e. The van der Waals surface area contributed by atoms with Gasteiger partial charge in [0.15, 0.2) is 11.0 Å². The number of nitrogens with zero attached hydrogens (tertiary/aromatic N) is 4. The molecule has 2 aromatic heterocycles. The summed E-state index contributed by atoms with van der Waals surface area (Å²) >= 11 is 1.13. The lowest BCUT2D eigenvalue weighted by Crippen LogP contribution is -2.48. The van der Waals surface area contributed by atoms with Crippen LogP contribution in [0.15, 0.2) is 93.0 Å². The summed E-state index contributed by atoms with van der Waals surface area (Å²) in [4.78, 5) is 61.6. The Hall–Kier alpha value is -5.09. The van der Waals surface area contributed by atoms with E-state index in [0.717, 1.165) is 22.1 Å². The summed E-state index contributed by atoms with van der Waals surface area (Å²) in [6.45, 7) is -0.337. The number of sulfonamides is 1. The molecule has 1 atom stereocenters. The molecule has 4 aromatic rings. The summed E-state index contributed by atoms with van der Waals surface area (Å²) < 4.78 is 30.2. The standard InChI is InChI=1S/C31H36N8O6S2/c32-30(33)35-15-9-3-8-14-24(27(41)28-34-16-17-46-28)36-26(40)20-39-29(42)25(37-47(44,45)21-23-12-6-2-7-13-23)19-38(31(39)43)18-22-10-4-1-5-11-22/h1-2,4-7,10-13,16-17,19,24,37H,3,8-9,14-15,18,20-21H2,(H,36,40)(H4,32,33,35)/t24-/m0/s1. The Balaban J connectivity index is 1.59. The first kappa shape index (κ1) is 34.8. The SMILES string of the molecule is NC(N)=NCCCCC[C@H](NC(=O)Cn1c(=O)c(NS(=O)(=O)Cc2ccccc2)cn(Cc2ccccc2)c1=O)C(=O)c1nccs1. The molecule has 0 aliphatic heterocycles. The number of carbonyl (C=O) groups excluding carboxylic acids is 2. The zero-order valence-electron chi connectivity index (χ0n) is 25.4. The van der Waals surface area contributed by atoms with E-state index in [1.807, 2.05) is 0 Å². The lowest BCUT2D eigenvalue weighted by Gasteiger charge is -2.18. The third kappa shape index (κ3) is 10.5. The second-order valence-electron chi connectivity index (χ2n) is 10.7. The van der Waals surface area contributed by atoms with Gasteiger partial charge in [-0.15, -0.1) is 11.3 Å². The number of carbonyl (C=O) groups is 2. The van der Waals surface area contributed by atoms with Gasteiger partial charge in [-0.1, -0.05) is 73.5 Å². The maximum atomic E-state index is 13.5. The number of benzene rings is 2. The molecule has 248 valence electrons. The van der Waals surface area contributed by atoms with Crippen molar-refractivity contribution in [2.75, 3.05) is 11.3 Å². The van der Waals surface area contributed by atoms with Crippen molar-refractivity contribution in [3.63, 3.8) is 0 Å². The molecule has 16 heteroatoms. The zero-order chi connectivity index (χ0) is 33.8. The molecule has 6 N–H and O–H groups in total. The van der Waals surface area contributed by atoms with Crippen LogP contribution in [0.3, 0.4) is 0 Å². The number of thiazole rings is 1. The van der Waals surface area contributed by atoms with Crippen LogP contribution < -0.4 is 32.8 Å². The molecule has 0 saturated carbocycles. The number of hydrogen-bond acceptors (Lipinski definition) is 9. The summed E-state index contributed by atoms with van der Waals surface area (Å²) in [5.41, 5.74) is 9.67. The Bertz CT molecular complexity index is 1900. The van der Waals surface area contributed by atoms with E-state index >= 15 is 0 Å². The highest BCUT2D eigenvalue weighted by Gasteiger charge is 2.25. The van der Waals surface area contributed by atoms with Gasteiger partial charge in [0.25, 0.3) is 5.56 Å². The van der Waals surface area contributed by atoms with Crippen LogP contribution >= 0.6 is 11.3 Å². The van der Waals surface area contributed by atoms with E-state index in [9.17, 15) is 27.6 Å². The quantitative estimate of drug-likeness (QED) is 0.0552. The maximum absolute atomic E-state index is 13.5. The number of rotatable bonds is 17. The van der Waals surface area contributed by atoms with Crippen LogP contribution in [0.4, 0.5) is 5.69 Å². The van der Waals surface area contributed by atoms with E-state index in [2.05, 4.69) is 20.0 Å². The molecule has 2 heterocycles. The van der Waals surface area contributed by atoms with Crippen LogP contribution in [0.5, 0.6) is 0 Å². The van der Waals surface area contributed by atoms with Gasteiger partial charge < -0.3 is 16.8 Å². The fraction of sp³-hybridized carbons (Fsp3) is 0.290. The summed E-state index contributed by atoms with van der Waals surface area (Å²) in [6, 6.07) is 16.3. The average molecular weight is 681 g/mol. The Morgan fingerprint density at radius 1 is 0.957 bits per heavy atom. The summed E-state index contributed by atoms with van der Waals surface area (Å²) in [6.07, 6.45) is 4.75. The first-order chi connectivity index (χ1) is 22.5. The average Bonchev–Trinajstić information content (AvgIpc) is 3.58. The molecule has 0 spiro atoms. The van der Waals surface area contributed by atoms with Gasteiger partial charge in [-0.25, -0.2) is 22.8 Å². The van der Waals surface area contributed by atoms with Gasteiger partial charge >= 0.3 is 5.69 Å². The molecule has 4 rings (SSSR count). The van der Waals surface area contributed by atoms with Crippen molar-refractivity contribution < 1.29 is 18.0 Å². The lowest BCUT2D eigenvalue weighted by molar-refractivity contribution is -0.122. The fourth-order valence-electron chi connectivity index (χ4n) is 4.75. The van der Waals surface area contributed by atoms with Crippen molar-refractivity contribution in [3.8, 4) is 0 Å². The van der Waals surface area contributed by atoms with Gasteiger partial charge in [-0.2, -0.15) is 0 Å². The molecule has 47 heavy (non-hydrogen) atoms. The topological polar surface area (TPSA) is 214 Å². The molecule has 0 saturated heterocycles. The third-order valence-corrected chi connectivity index (χ3v) is 8.97. The van der Waals surface area contributed by atoms with Crippen molar-refractivity contribution in [2.24, 2.45) is 16.5 Å². The molecular weight excluding hydrogens is 645 g/mol. The van der Waals surface area contributed by atoms with Crippen molar-refractivity contribution in [2.45, 2.75) is 50.6 Å². The van der Waals surface area contributed by atoms with Crippen molar-refractivity contribution in [1.82, 2.24) is 19.4 Å². The van der Waals surface area contributed by atoms with Crippen molar-refractivity contribution in [3.05, 3.63) is 115 Å². The number of anilines is 1.